The Bertz CT molecular complexity index is 525. The highest BCUT2D eigenvalue weighted by Gasteiger charge is 2.17. The molecule has 1 aliphatic rings. The summed E-state index contributed by atoms with van der Waals surface area (Å²) in [6.07, 6.45) is 2.50. The van der Waals surface area contributed by atoms with Crippen molar-refractivity contribution in [3.63, 3.8) is 0 Å². The minimum absolute atomic E-state index is 0.816. The summed E-state index contributed by atoms with van der Waals surface area (Å²) in [5.74, 6) is 2.71. The molecule has 1 saturated heterocycles. The van der Waals surface area contributed by atoms with Crippen LogP contribution in [0, 0.1) is 12.8 Å². The summed E-state index contributed by atoms with van der Waals surface area (Å²) in [6.45, 7) is 6.44. The smallest absolute Gasteiger partial charge is 0.178 e. The van der Waals surface area contributed by atoms with Crippen molar-refractivity contribution in [1.82, 2.24) is 19.8 Å². The predicted octanol–water partition coefficient (Wildman–Crippen LogP) is 1.67. The maximum absolute atomic E-state index is 4.60. The average molecular weight is 231 g/mol. The van der Waals surface area contributed by atoms with E-state index in [1.54, 1.807) is 0 Å². The number of hydrogen-bond acceptors (Lipinski definition) is 4. The molecule has 17 heavy (non-hydrogen) atoms. The first-order chi connectivity index (χ1) is 8.24. The number of fused-ring (bicyclic) bond motifs is 1. The largest absolute Gasteiger partial charge is 0.355 e. The molecule has 0 aromatic carbocycles. The van der Waals surface area contributed by atoms with E-state index in [-0.39, 0.29) is 0 Å². The van der Waals surface area contributed by atoms with Gasteiger partial charge in [0.05, 0.1) is 0 Å². The summed E-state index contributed by atoms with van der Waals surface area (Å²) < 4.78 is 1.81. The van der Waals surface area contributed by atoms with E-state index in [0.29, 0.717) is 0 Å². The third kappa shape index (κ3) is 1.85. The Hall–Kier alpha value is -1.65. The summed E-state index contributed by atoms with van der Waals surface area (Å²) in [4.78, 5) is 2.35. The van der Waals surface area contributed by atoms with Crippen LogP contribution in [0.25, 0.3) is 5.65 Å². The van der Waals surface area contributed by atoms with Gasteiger partial charge in [0.15, 0.2) is 11.5 Å². The molecule has 1 fully saturated rings. The molecule has 0 bridgehead atoms. The molecule has 0 radical (unpaired) electrons. The zero-order chi connectivity index (χ0) is 11.8. The van der Waals surface area contributed by atoms with Crippen molar-refractivity contribution in [2.24, 2.45) is 5.92 Å². The van der Waals surface area contributed by atoms with Crippen molar-refractivity contribution in [3.05, 3.63) is 18.0 Å². The van der Waals surface area contributed by atoms with Crippen LogP contribution in [-0.2, 0) is 0 Å². The highest BCUT2D eigenvalue weighted by molar-refractivity contribution is 5.45. The number of nitrogens with zero attached hydrogens (tertiary/aromatic N) is 5. The molecular weight excluding hydrogens is 214 g/mol. The second-order valence-corrected chi connectivity index (χ2v) is 4.88. The van der Waals surface area contributed by atoms with E-state index in [0.717, 1.165) is 36.3 Å². The number of rotatable bonds is 1. The molecule has 3 rings (SSSR count). The van der Waals surface area contributed by atoms with Crippen molar-refractivity contribution in [2.75, 3.05) is 18.0 Å². The highest BCUT2D eigenvalue weighted by Crippen LogP contribution is 2.21. The molecule has 0 atom stereocenters. The van der Waals surface area contributed by atoms with Crippen LogP contribution in [0.5, 0.6) is 0 Å². The van der Waals surface area contributed by atoms with Gasteiger partial charge in [-0.3, -0.25) is 0 Å². The molecule has 0 amide bonds. The third-order valence-corrected chi connectivity index (χ3v) is 3.51. The van der Waals surface area contributed by atoms with Crippen LogP contribution in [0.3, 0.4) is 0 Å². The average Bonchev–Trinajstić information content (AvgIpc) is 2.72. The Labute approximate surface area is 100 Å². The minimum atomic E-state index is 0.816. The molecule has 2 aromatic heterocycles. The first kappa shape index (κ1) is 10.5. The van der Waals surface area contributed by atoms with E-state index in [4.69, 9.17) is 0 Å². The fraction of sp³-hybridized carbons (Fsp3) is 0.583. The Morgan fingerprint density at radius 2 is 1.94 bits per heavy atom. The van der Waals surface area contributed by atoms with Gasteiger partial charge in [-0.2, -0.15) is 4.52 Å². The maximum atomic E-state index is 4.60. The number of piperidine rings is 1. The van der Waals surface area contributed by atoms with Gasteiger partial charge in [-0.15, -0.1) is 15.3 Å². The maximum Gasteiger partial charge on any atom is 0.178 e. The molecule has 90 valence electrons. The van der Waals surface area contributed by atoms with Gasteiger partial charge in [0, 0.05) is 13.1 Å². The van der Waals surface area contributed by atoms with Crippen molar-refractivity contribution < 1.29 is 0 Å². The standard InChI is InChI=1S/C12H17N5/c1-9-5-7-16(8-6-9)12-4-3-11-14-13-10(2)17(11)15-12/h3-4,9H,5-8H2,1-2H3. The molecule has 2 aromatic rings. The Morgan fingerprint density at radius 1 is 1.18 bits per heavy atom. The number of aryl methyl sites for hydroxylation is 1. The fourth-order valence-corrected chi connectivity index (χ4v) is 2.29. The molecule has 0 saturated carbocycles. The molecule has 0 unspecified atom stereocenters. The van der Waals surface area contributed by atoms with E-state index in [1.165, 1.54) is 12.8 Å². The summed E-state index contributed by atoms with van der Waals surface area (Å²) in [6, 6.07) is 4.03. The Kier molecular flexibility index (Phi) is 2.46. The van der Waals surface area contributed by atoms with Crippen molar-refractivity contribution in [2.45, 2.75) is 26.7 Å². The van der Waals surface area contributed by atoms with Gasteiger partial charge in [0.1, 0.15) is 5.82 Å². The number of aromatic nitrogens is 4. The molecule has 3 heterocycles. The molecule has 0 aliphatic carbocycles. The van der Waals surface area contributed by atoms with Crippen LogP contribution in [-0.4, -0.2) is 32.9 Å². The lowest BCUT2D eigenvalue weighted by molar-refractivity contribution is 0.435. The van der Waals surface area contributed by atoms with Gasteiger partial charge in [0.25, 0.3) is 0 Å². The molecule has 5 heteroatoms. The Morgan fingerprint density at radius 3 is 2.71 bits per heavy atom. The molecule has 5 nitrogen and oxygen atoms in total. The quantitative estimate of drug-likeness (QED) is 0.749. The van der Waals surface area contributed by atoms with Crippen molar-refractivity contribution in [3.8, 4) is 0 Å². The molecular formula is C12H17N5. The van der Waals surface area contributed by atoms with Crippen molar-refractivity contribution in [1.29, 1.82) is 0 Å². The minimum Gasteiger partial charge on any atom is -0.355 e. The number of hydrogen-bond donors (Lipinski definition) is 0. The lowest BCUT2D eigenvalue weighted by Gasteiger charge is -2.30. The van der Waals surface area contributed by atoms with Gasteiger partial charge in [-0.25, -0.2) is 0 Å². The monoisotopic (exact) mass is 231 g/mol. The summed E-state index contributed by atoms with van der Waals surface area (Å²) in [5, 5.41) is 12.7. The lowest BCUT2D eigenvalue weighted by Crippen LogP contribution is -2.33. The second-order valence-electron chi connectivity index (χ2n) is 4.88. The van der Waals surface area contributed by atoms with Crippen LogP contribution < -0.4 is 4.90 Å². The topological polar surface area (TPSA) is 46.3 Å². The zero-order valence-electron chi connectivity index (χ0n) is 10.3. The Balaban J connectivity index is 1.92. The number of anilines is 1. The van der Waals surface area contributed by atoms with Crippen LogP contribution in [0.2, 0.25) is 0 Å². The van der Waals surface area contributed by atoms with Gasteiger partial charge in [-0.1, -0.05) is 6.92 Å². The van der Waals surface area contributed by atoms with E-state index in [2.05, 4.69) is 27.1 Å². The van der Waals surface area contributed by atoms with Gasteiger partial charge in [-0.05, 0) is 37.8 Å². The molecule has 1 aliphatic heterocycles. The molecule has 0 spiro atoms. The van der Waals surface area contributed by atoms with Crippen LogP contribution >= 0.6 is 0 Å². The van der Waals surface area contributed by atoms with E-state index < -0.39 is 0 Å². The highest BCUT2D eigenvalue weighted by atomic mass is 15.4. The van der Waals surface area contributed by atoms with Gasteiger partial charge >= 0.3 is 0 Å². The SMILES string of the molecule is Cc1nnc2ccc(N3CCC(C)CC3)nn12. The summed E-state index contributed by atoms with van der Waals surface area (Å²) in [7, 11) is 0. The predicted molar refractivity (Wildman–Crippen MR) is 66.1 cm³/mol. The summed E-state index contributed by atoms with van der Waals surface area (Å²) in [5.41, 5.74) is 0.816. The zero-order valence-corrected chi connectivity index (χ0v) is 10.3. The van der Waals surface area contributed by atoms with Gasteiger partial charge in [0.2, 0.25) is 0 Å². The van der Waals surface area contributed by atoms with Crippen LogP contribution in [0.4, 0.5) is 5.82 Å². The van der Waals surface area contributed by atoms with Crippen LogP contribution in [0.15, 0.2) is 12.1 Å². The molecule has 0 N–H and O–H groups in total. The van der Waals surface area contributed by atoms with Crippen LogP contribution in [0.1, 0.15) is 25.6 Å². The third-order valence-electron chi connectivity index (χ3n) is 3.51. The van der Waals surface area contributed by atoms with E-state index in [1.807, 2.05) is 23.6 Å². The lowest BCUT2D eigenvalue weighted by atomic mass is 9.99. The van der Waals surface area contributed by atoms with E-state index >= 15 is 0 Å². The second kappa shape index (κ2) is 3.98. The normalized spacial score (nSPS) is 17.9. The first-order valence-electron chi connectivity index (χ1n) is 6.18. The first-order valence-corrected chi connectivity index (χ1v) is 6.18. The van der Waals surface area contributed by atoms with Gasteiger partial charge < -0.3 is 4.90 Å². The van der Waals surface area contributed by atoms with E-state index in [9.17, 15) is 0 Å². The van der Waals surface area contributed by atoms with Crippen molar-refractivity contribution >= 4 is 11.5 Å². The summed E-state index contributed by atoms with van der Waals surface area (Å²) >= 11 is 0. The fourth-order valence-electron chi connectivity index (χ4n) is 2.29.